The number of hydrogen-bond donors (Lipinski definition) is 2. The largest absolute Gasteiger partial charge is 0.360 e. The third kappa shape index (κ3) is 3.49. The fourth-order valence-corrected chi connectivity index (χ4v) is 1.54. The van der Waals surface area contributed by atoms with Crippen LogP contribution in [0.3, 0.4) is 0 Å². The Hall–Kier alpha value is -2.01. The molecule has 2 aromatic rings. The van der Waals surface area contributed by atoms with Crippen LogP contribution >= 0.6 is 11.6 Å². The fraction of sp³-hybridized carbons (Fsp3) is 0.167. The van der Waals surface area contributed by atoms with Crippen molar-refractivity contribution in [3.8, 4) is 0 Å². The first-order chi connectivity index (χ1) is 8.63. The lowest BCUT2D eigenvalue weighted by Crippen LogP contribution is -2.21. The molecule has 0 fully saturated rings. The van der Waals surface area contributed by atoms with Crippen LogP contribution in [0.15, 0.2) is 36.5 Å². The van der Waals surface area contributed by atoms with Crippen LogP contribution in [0.4, 0.5) is 11.5 Å². The molecule has 1 amide bonds. The van der Waals surface area contributed by atoms with Gasteiger partial charge in [0.1, 0.15) is 5.82 Å². The van der Waals surface area contributed by atoms with E-state index in [0.29, 0.717) is 16.5 Å². The first-order valence-electron chi connectivity index (χ1n) is 5.42. The van der Waals surface area contributed by atoms with Crippen molar-refractivity contribution in [1.29, 1.82) is 0 Å². The zero-order valence-electron chi connectivity index (χ0n) is 9.85. The molecule has 5 nitrogen and oxygen atoms in total. The van der Waals surface area contributed by atoms with E-state index in [1.165, 1.54) is 0 Å². The number of rotatable bonds is 4. The third-order valence-electron chi connectivity index (χ3n) is 2.27. The molecule has 0 saturated carbocycles. The molecule has 0 bridgehead atoms. The number of amides is 1. The molecule has 1 heterocycles. The van der Waals surface area contributed by atoms with Crippen molar-refractivity contribution < 1.29 is 4.79 Å². The molecule has 2 rings (SSSR count). The summed E-state index contributed by atoms with van der Waals surface area (Å²) in [5, 5.41) is 10.4. The molecule has 0 unspecified atom stereocenters. The SMILES string of the molecule is Cn1ccc(NCC(=O)Nc2ccc(Cl)cc2)n1. The van der Waals surface area contributed by atoms with Crippen LogP contribution < -0.4 is 10.6 Å². The normalized spacial score (nSPS) is 10.1. The van der Waals surface area contributed by atoms with Gasteiger partial charge in [0, 0.05) is 30.0 Å². The summed E-state index contributed by atoms with van der Waals surface area (Å²) in [6, 6.07) is 8.75. The second kappa shape index (κ2) is 5.55. The molecule has 1 aromatic carbocycles. The van der Waals surface area contributed by atoms with E-state index in [2.05, 4.69) is 15.7 Å². The molecule has 0 spiro atoms. The minimum atomic E-state index is -0.136. The maximum Gasteiger partial charge on any atom is 0.243 e. The van der Waals surface area contributed by atoms with Gasteiger partial charge < -0.3 is 10.6 Å². The Labute approximate surface area is 110 Å². The summed E-state index contributed by atoms with van der Waals surface area (Å²) in [6.45, 7) is 0.166. The number of carbonyl (C=O) groups excluding carboxylic acids is 1. The number of aromatic nitrogens is 2. The molecular weight excluding hydrogens is 252 g/mol. The van der Waals surface area contributed by atoms with Crippen LogP contribution in [0.5, 0.6) is 0 Å². The molecule has 6 heteroatoms. The summed E-state index contributed by atoms with van der Waals surface area (Å²) < 4.78 is 1.67. The molecule has 0 aliphatic heterocycles. The highest BCUT2D eigenvalue weighted by Crippen LogP contribution is 2.13. The van der Waals surface area contributed by atoms with E-state index in [9.17, 15) is 4.79 Å². The Morgan fingerprint density at radius 3 is 2.67 bits per heavy atom. The van der Waals surface area contributed by atoms with Gasteiger partial charge in [0.15, 0.2) is 0 Å². The van der Waals surface area contributed by atoms with E-state index in [1.807, 2.05) is 7.05 Å². The maximum absolute atomic E-state index is 11.6. The number of benzene rings is 1. The van der Waals surface area contributed by atoms with Gasteiger partial charge in [-0.2, -0.15) is 5.10 Å². The Morgan fingerprint density at radius 1 is 1.33 bits per heavy atom. The first kappa shape index (κ1) is 12.4. The highest BCUT2D eigenvalue weighted by atomic mass is 35.5. The Balaban J connectivity index is 1.83. The van der Waals surface area contributed by atoms with E-state index >= 15 is 0 Å². The standard InChI is InChI=1S/C12H13ClN4O/c1-17-7-6-11(16-17)14-8-12(18)15-10-4-2-9(13)3-5-10/h2-7H,8H2,1H3,(H,14,16)(H,15,18). The van der Waals surface area contributed by atoms with Crippen LogP contribution in [0.1, 0.15) is 0 Å². The second-order valence-electron chi connectivity index (χ2n) is 3.78. The van der Waals surface area contributed by atoms with Gasteiger partial charge in [0.25, 0.3) is 0 Å². The number of anilines is 2. The van der Waals surface area contributed by atoms with E-state index in [1.54, 1.807) is 41.2 Å². The van der Waals surface area contributed by atoms with Gasteiger partial charge in [0.05, 0.1) is 6.54 Å². The number of nitrogens with one attached hydrogen (secondary N) is 2. The van der Waals surface area contributed by atoms with Gasteiger partial charge in [-0.15, -0.1) is 0 Å². The lowest BCUT2D eigenvalue weighted by atomic mass is 10.3. The number of nitrogens with zero attached hydrogens (tertiary/aromatic N) is 2. The van der Waals surface area contributed by atoms with Gasteiger partial charge in [-0.1, -0.05) is 11.6 Å². The third-order valence-corrected chi connectivity index (χ3v) is 2.52. The first-order valence-corrected chi connectivity index (χ1v) is 5.80. The zero-order chi connectivity index (χ0) is 13.0. The molecule has 0 saturated heterocycles. The van der Waals surface area contributed by atoms with Crippen molar-refractivity contribution in [2.45, 2.75) is 0 Å². The molecule has 0 aliphatic rings. The number of hydrogen-bond acceptors (Lipinski definition) is 3. The predicted molar refractivity (Wildman–Crippen MR) is 71.8 cm³/mol. The van der Waals surface area contributed by atoms with Crippen molar-refractivity contribution in [2.75, 3.05) is 17.2 Å². The average molecular weight is 265 g/mol. The van der Waals surface area contributed by atoms with E-state index in [0.717, 1.165) is 0 Å². The van der Waals surface area contributed by atoms with E-state index < -0.39 is 0 Å². The minimum absolute atomic E-state index is 0.136. The predicted octanol–water partition coefficient (Wildman–Crippen LogP) is 2.12. The number of aryl methyl sites for hydroxylation is 1. The summed E-state index contributed by atoms with van der Waals surface area (Å²) in [5.41, 5.74) is 0.715. The van der Waals surface area contributed by atoms with Crippen molar-refractivity contribution in [2.24, 2.45) is 7.05 Å². The van der Waals surface area contributed by atoms with Crippen LogP contribution in [-0.4, -0.2) is 22.2 Å². The zero-order valence-corrected chi connectivity index (χ0v) is 10.6. The molecule has 0 atom stereocenters. The summed E-state index contributed by atoms with van der Waals surface area (Å²) >= 11 is 5.76. The molecule has 0 radical (unpaired) electrons. The highest BCUT2D eigenvalue weighted by Gasteiger charge is 2.03. The van der Waals surface area contributed by atoms with Crippen molar-refractivity contribution >= 4 is 29.0 Å². The lowest BCUT2D eigenvalue weighted by molar-refractivity contribution is -0.114. The topological polar surface area (TPSA) is 59.0 Å². The van der Waals surface area contributed by atoms with Crippen molar-refractivity contribution in [3.63, 3.8) is 0 Å². The van der Waals surface area contributed by atoms with Crippen molar-refractivity contribution in [1.82, 2.24) is 9.78 Å². The van der Waals surface area contributed by atoms with E-state index in [4.69, 9.17) is 11.6 Å². The van der Waals surface area contributed by atoms with Crippen LogP contribution in [0.2, 0.25) is 5.02 Å². The summed E-state index contributed by atoms with van der Waals surface area (Å²) in [7, 11) is 1.82. The van der Waals surface area contributed by atoms with Crippen LogP contribution in [-0.2, 0) is 11.8 Å². The Kier molecular flexibility index (Phi) is 3.84. The molecule has 0 aliphatic carbocycles. The minimum Gasteiger partial charge on any atom is -0.360 e. The maximum atomic E-state index is 11.6. The molecular formula is C12H13ClN4O. The smallest absolute Gasteiger partial charge is 0.243 e. The second-order valence-corrected chi connectivity index (χ2v) is 4.22. The Morgan fingerprint density at radius 2 is 2.06 bits per heavy atom. The van der Waals surface area contributed by atoms with Gasteiger partial charge in [-0.05, 0) is 24.3 Å². The highest BCUT2D eigenvalue weighted by molar-refractivity contribution is 6.30. The Bertz CT molecular complexity index is 535. The molecule has 2 N–H and O–H groups in total. The summed E-state index contributed by atoms with van der Waals surface area (Å²) in [4.78, 5) is 11.6. The van der Waals surface area contributed by atoms with Crippen LogP contribution in [0.25, 0.3) is 0 Å². The van der Waals surface area contributed by atoms with Crippen molar-refractivity contribution in [3.05, 3.63) is 41.6 Å². The average Bonchev–Trinajstić information content (AvgIpc) is 2.76. The van der Waals surface area contributed by atoms with Gasteiger partial charge in [0.2, 0.25) is 5.91 Å². The molecule has 1 aromatic heterocycles. The van der Waals surface area contributed by atoms with Gasteiger partial charge >= 0.3 is 0 Å². The van der Waals surface area contributed by atoms with Crippen LogP contribution in [0, 0.1) is 0 Å². The fourth-order valence-electron chi connectivity index (χ4n) is 1.42. The summed E-state index contributed by atoms with van der Waals surface area (Å²) in [6.07, 6.45) is 1.80. The quantitative estimate of drug-likeness (QED) is 0.889. The number of halogens is 1. The molecule has 94 valence electrons. The number of carbonyl (C=O) groups is 1. The van der Waals surface area contributed by atoms with Gasteiger partial charge in [-0.3, -0.25) is 9.48 Å². The molecule has 18 heavy (non-hydrogen) atoms. The lowest BCUT2D eigenvalue weighted by Gasteiger charge is -2.05. The monoisotopic (exact) mass is 264 g/mol. The summed E-state index contributed by atoms with van der Waals surface area (Å²) in [5.74, 6) is 0.534. The van der Waals surface area contributed by atoms with Gasteiger partial charge in [-0.25, -0.2) is 0 Å². The van der Waals surface area contributed by atoms with E-state index in [-0.39, 0.29) is 12.5 Å².